The largest absolute Gasteiger partial charge is 0.369 e. The van der Waals surface area contributed by atoms with Crippen LogP contribution in [-0.2, 0) is 0 Å². The van der Waals surface area contributed by atoms with Gasteiger partial charge in [0.25, 0.3) is 0 Å². The van der Waals surface area contributed by atoms with Crippen molar-refractivity contribution >= 4 is 40.2 Å². The van der Waals surface area contributed by atoms with Gasteiger partial charge < -0.3 is 5.32 Å². The molecule has 3 nitrogen and oxygen atoms in total. The van der Waals surface area contributed by atoms with Gasteiger partial charge in [0.05, 0.1) is 14.5 Å². The third kappa shape index (κ3) is 3.66. The SMILES string of the molecule is CCNc1nc(C2CCCCS2)nc(C2CCCC2)c1I. The highest BCUT2D eigenvalue weighted by molar-refractivity contribution is 14.1. The second kappa shape index (κ2) is 7.49. The summed E-state index contributed by atoms with van der Waals surface area (Å²) in [5.74, 6) is 4.06. The number of thioether (sulfide) groups is 1. The van der Waals surface area contributed by atoms with E-state index in [0.29, 0.717) is 11.2 Å². The molecule has 0 spiro atoms. The van der Waals surface area contributed by atoms with E-state index in [0.717, 1.165) is 18.2 Å². The first kappa shape index (κ1) is 15.8. The molecule has 2 aliphatic rings. The molecule has 1 unspecified atom stereocenters. The fourth-order valence-corrected chi connectivity index (χ4v) is 5.44. The molecule has 0 bridgehead atoms. The van der Waals surface area contributed by atoms with Gasteiger partial charge in [0.15, 0.2) is 0 Å². The second-order valence-electron chi connectivity index (χ2n) is 6.00. The molecule has 1 aliphatic heterocycles. The predicted octanol–water partition coefficient (Wildman–Crippen LogP) is 5.13. The number of aromatic nitrogens is 2. The average molecular weight is 417 g/mol. The second-order valence-corrected chi connectivity index (χ2v) is 8.39. The summed E-state index contributed by atoms with van der Waals surface area (Å²) in [4.78, 5) is 9.91. The molecule has 5 heteroatoms. The summed E-state index contributed by atoms with van der Waals surface area (Å²) in [6, 6.07) is 0. The maximum Gasteiger partial charge on any atom is 0.144 e. The highest BCUT2D eigenvalue weighted by Crippen LogP contribution is 2.41. The first-order valence-corrected chi connectivity index (χ1v) is 10.3. The van der Waals surface area contributed by atoms with Crippen molar-refractivity contribution in [3.05, 3.63) is 15.1 Å². The Bertz CT molecular complexity index is 483. The van der Waals surface area contributed by atoms with E-state index in [1.165, 1.54) is 60.0 Å². The minimum atomic E-state index is 0.508. The van der Waals surface area contributed by atoms with Crippen molar-refractivity contribution in [3.63, 3.8) is 0 Å². The van der Waals surface area contributed by atoms with Gasteiger partial charge in [-0.1, -0.05) is 19.3 Å². The Labute approximate surface area is 145 Å². The lowest BCUT2D eigenvalue weighted by molar-refractivity contribution is 0.638. The molecule has 2 fully saturated rings. The molecule has 116 valence electrons. The normalized spacial score (nSPS) is 23.4. The molecule has 1 atom stereocenters. The zero-order valence-corrected chi connectivity index (χ0v) is 15.7. The first-order chi connectivity index (χ1) is 10.3. The summed E-state index contributed by atoms with van der Waals surface area (Å²) in [5.41, 5.74) is 1.32. The van der Waals surface area contributed by atoms with Crippen LogP contribution in [0, 0.1) is 3.57 Å². The number of halogens is 1. The quantitative estimate of drug-likeness (QED) is 0.690. The molecule has 1 aromatic heterocycles. The fraction of sp³-hybridized carbons (Fsp3) is 0.750. The van der Waals surface area contributed by atoms with Crippen LogP contribution in [0.2, 0.25) is 0 Å². The van der Waals surface area contributed by atoms with Crippen LogP contribution in [0.25, 0.3) is 0 Å². The van der Waals surface area contributed by atoms with E-state index in [-0.39, 0.29) is 0 Å². The minimum Gasteiger partial charge on any atom is -0.369 e. The van der Waals surface area contributed by atoms with Crippen LogP contribution < -0.4 is 5.32 Å². The molecule has 21 heavy (non-hydrogen) atoms. The Hall–Kier alpha value is -0.0400. The van der Waals surface area contributed by atoms with Crippen molar-refractivity contribution < 1.29 is 0 Å². The van der Waals surface area contributed by atoms with Gasteiger partial charge in [0.2, 0.25) is 0 Å². The smallest absolute Gasteiger partial charge is 0.144 e. The molecular weight excluding hydrogens is 393 g/mol. The van der Waals surface area contributed by atoms with Gasteiger partial charge in [-0.25, -0.2) is 9.97 Å². The van der Waals surface area contributed by atoms with Crippen LogP contribution in [0.3, 0.4) is 0 Å². The topological polar surface area (TPSA) is 37.8 Å². The lowest BCUT2D eigenvalue weighted by atomic mass is 10.0. The number of hydrogen-bond acceptors (Lipinski definition) is 4. The predicted molar refractivity (Wildman–Crippen MR) is 99.2 cm³/mol. The highest BCUT2D eigenvalue weighted by atomic mass is 127. The first-order valence-electron chi connectivity index (χ1n) is 8.22. The van der Waals surface area contributed by atoms with E-state index in [1.807, 2.05) is 11.8 Å². The van der Waals surface area contributed by atoms with Crippen molar-refractivity contribution in [2.24, 2.45) is 0 Å². The van der Waals surface area contributed by atoms with Crippen molar-refractivity contribution in [2.75, 3.05) is 17.6 Å². The number of anilines is 1. The van der Waals surface area contributed by atoms with Crippen LogP contribution in [-0.4, -0.2) is 22.3 Å². The molecule has 0 amide bonds. The maximum atomic E-state index is 5.04. The molecule has 3 rings (SSSR count). The molecule has 1 aromatic rings. The molecule has 1 N–H and O–H groups in total. The van der Waals surface area contributed by atoms with Crippen LogP contribution in [0.15, 0.2) is 0 Å². The van der Waals surface area contributed by atoms with Gasteiger partial charge >= 0.3 is 0 Å². The van der Waals surface area contributed by atoms with E-state index in [1.54, 1.807) is 0 Å². The Balaban J connectivity index is 1.94. The Morgan fingerprint density at radius 2 is 1.90 bits per heavy atom. The monoisotopic (exact) mass is 417 g/mol. The number of nitrogens with one attached hydrogen (secondary N) is 1. The van der Waals surface area contributed by atoms with Crippen LogP contribution in [0.4, 0.5) is 5.82 Å². The summed E-state index contributed by atoms with van der Waals surface area (Å²) in [6.45, 7) is 3.07. The van der Waals surface area contributed by atoms with Crippen LogP contribution in [0.5, 0.6) is 0 Å². The van der Waals surface area contributed by atoms with Gasteiger partial charge in [0.1, 0.15) is 11.6 Å². The summed E-state index contributed by atoms with van der Waals surface area (Å²) >= 11 is 4.49. The molecule has 2 heterocycles. The maximum absolute atomic E-state index is 5.04. The van der Waals surface area contributed by atoms with E-state index >= 15 is 0 Å². The third-order valence-corrected chi connectivity index (χ3v) is 6.88. The molecule has 1 aliphatic carbocycles. The standard InChI is InChI=1S/C16H24IN3S/c1-2-18-16-13(17)14(11-7-3-4-8-11)19-15(20-16)12-9-5-6-10-21-12/h11-12H,2-10H2,1H3,(H,18,19,20). The molecule has 0 aromatic carbocycles. The van der Waals surface area contributed by atoms with E-state index < -0.39 is 0 Å². The summed E-state index contributed by atoms with van der Waals surface area (Å²) < 4.78 is 1.26. The zero-order chi connectivity index (χ0) is 14.7. The zero-order valence-electron chi connectivity index (χ0n) is 12.7. The number of rotatable bonds is 4. The summed E-state index contributed by atoms with van der Waals surface area (Å²) in [6.07, 6.45) is 9.22. The average Bonchev–Trinajstić information content (AvgIpc) is 3.04. The Morgan fingerprint density at radius 3 is 2.57 bits per heavy atom. The van der Waals surface area contributed by atoms with E-state index in [4.69, 9.17) is 9.97 Å². The number of hydrogen-bond donors (Lipinski definition) is 1. The van der Waals surface area contributed by atoms with Gasteiger partial charge in [0, 0.05) is 12.5 Å². The van der Waals surface area contributed by atoms with E-state index in [2.05, 4.69) is 34.8 Å². The van der Waals surface area contributed by atoms with Gasteiger partial charge in [-0.2, -0.15) is 11.8 Å². The summed E-state index contributed by atoms with van der Waals surface area (Å²) in [7, 11) is 0. The Morgan fingerprint density at radius 1 is 1.14 bits per heavy atom. The minimum absolute atomic E-state index is 0.508. The molecule has 1 saturated heterocycles. The van der Waals surface area contributed by atoms with Crippen molar-refractivity contribution in [3.8, 4) is 0 Å². The Kier molecular flexibility index (Phi) is 5.65. The highest BCUT2D eigenvalue weighted by Gasteiger charge is 2.26. The lowest BCUT2D eigenvalue weighted by Crippen LogP contribution is -2.14. The molecule has 0 radical (unpaired) electrons. The van der Waals surface area contributed by atoms with Crippen molar-refractivity contribution in [2.45, 2.75) is 63.0 Å². The van der Waals surface area contributed by atoms with Crippen LogP contribution in [0.1, 0.15) is 74.6 Å². The molecule has 1 saturated carbocycles. The third-order valence-electron chi connectivity index (χ3n) is 4.45. The van der Waals surface area contributed by atoms with E-state index in [9.17, 15) is 0 Å². The molecular formula is C16H24IN3S. The van der Waals surface area contributed by atoms with Crippen LogP contribution >= 0.6 is 34.4 Å². The lowest BCUT2D eigenvalue weighted by Gasteiger charge is -2.23. The van der Waals surface area contributed by atoms with Crippen molar-refractivity contribution in [1.29, 1.82) is 0 Å². The van der Waals surface area contributed by atoms with Gasteiger partial charge in [-0.05, 0) is 61.0 Å². The van der Waals surface area contributed by atoms with Gasteiger partial charge in [-0.15, -0.1) is 0 Å². The summed E-state index contributed by atoms with van der Waals surface area (Å²) in [5, 5.41) is 3.96. The van der Waals surface area contributed by atoms with Crippen molar-refractivity contribution in [1.82, 2.24) is 9.97 Å². The number of nitrogens with zero attached hydrogens (tertiary/aromatic N) is 2. The fourth-order valence-electron chi connectivity index (χ4n) is 3.33. The van der Waals surface area contributed by atoms with Gasteiger partial charge in [-0.3, -0.25) is 0 Å².